The highest BCUT2D eigenvalue weighted by Gasteiger charge is 2.30. The lowest BCUT2D eigenvalue weighted by Gasteiger charge is -2.34. The first-order valence-electron chi connectivity index (χ1n) is 8.17. The maximum Gasteiger partial charge on any atom is 0.157 e. The van der Waals surface area contributed by atoms with E-state index in [2.05, 4.69) is 27.0 Å². The Labute approximate surface area is 144 Å². The zero-order chi connectivity index (χ0) is 18.7. The predicted octanol–water partition coefficient (Wildman–Crippen LogP) is 5.94. The molecule has 24 heavy (non-hydrogen) atoms. The van der Waals surface area contributed by atoms with Crippen molar-refractivity contribution >= 4 is 0 Å². The van der Waals surface area contributed by atoms with Crippen LogP contribution in [0.5, 0.6) is 0 Å². The number of allylic oxidation sites excluding steroid dienone is 5. The van der Waals surface area contributed by atoms with Gasteiger partial charge in [-0.05, 0) is 47.8 Å². The highest BCUT2D eigenvalue weighted by molar-refractivity contribution is 5.31. The molecule has 0 unspecified atom stereocenters. The third-order valence-electron chi connectivity index (χ3n) is 4.96. The Bertz CT molecular complexity index is 616. The summed E-state index contributed by atoms with van der Waals surface area (Å²) in [7, 11) is 0. The van der Waals surface area contributed by atoms with Crippen LogP contribution in [-0.2, 0) is 0 Å². The first-order chi connectivity index (χ1) is 10.9. The smallest absolute Gasteiger partial charge is 0.157 e. The SMILES string of the molecule is C=C(O)/C(O)=C\C(=C)C(C)(C)CCC(C)(C)C1=CC(O)=C(O)CC1. The molecule has 1 rings (SSSR count). The van der Waals surface area contributed by atoms with Crippen molar-refractivity contribution in [2.45, 2.75) is 53.4 Å². The number of rotatable bonds is 7. The van der Waals surface area contributed by atoms with Crippen LogP contribution in [0.3, 0.4) is 0 Å². The highest BCUT2D eigenvalue weighted by atomic mass is 16.3. The van der Waals surface area contributed by atoms with Gasteiger partial charge in [-0.2, -0.15) is 0 Å². The van der Waals surface area contributed by atoms with E-state index in [9.17, 15) is 20.4 Å². The van der Waals surface area contributed by atoms with Gasteiger partial charge < -0.3 is 20.4 Å². The number of aliphatic hydroxyl groups is 4. The zero-order valence-corrected chi connectivity index (χ0v) is 15.2. The first-order valence-corrected chi connectivity index (χ1v) is 8.17. The molecule has 0 atom stereocenters. The Balaban J connectivity index is 2.83. The summed E-state index contributed by atoms with van der Waals surface area (Å²) in [6.45, 7) is 15.6. The number of aliphatic hydroxyl groups excluding tert-OH is 4. The van der Waals surface area contributed by atoms with Crippen LogP contribution in [0.25, 0.3) is 0 Å². The lowest BCUT2D eigenvalue weighted by atomic mass is 9.71. The summed E-state index contributed by atoms with van der Waals surface area (Å²) in [5.74, 6) is -0.634. The van der Waals surface area contributed by atoms with E-state index in [1.54, 1.807) is 6.08 Å². The van der Waals surface area contributed by atoms with E-state index in [1.165, 1.54) is 6.08 Å². The van der Waals surface area contributed by atoms with Gasteiger partial charge in [0.1, 0.15) is 11.5 Å². The highest BCUT2D eigenvalue weighted by Crippen LogP contribution is 2.42. The van der Waals surface area contributed by atoms with Crippen LogP contribution < -0.4 is 0 Å². The summed E-state index contributed by atoms with van der Waals surface area (Å²) < 4.78 is 0. The summed E-state index contributed by atoms with van der Waals surface area (Å²) in [6.07, 6.45) is 5.98. The number of hydrogen-bond donors (Lipinski definition) is 4. The van der Waals surface area contributed by atoms with Crippen LogP contribution in [0.1, 0.15) is 53.4 Å². The lowest BCUT2D eigenvalue weighted by Crippen LogP contribution is -2.22. The Hall–Kier alpha value is -2.10. The van der Waals surface area contributed by atoms with E-state index in [0.29, 0.717) is 12.0 Å². The Morgan fingerprint density at radius 1 is 1.08 bits per heavy atom. The van der Waals surface area contributed by atoms with Crippen molar-refractivity contribution in [2.24, 2.45) is 10.8 Å². The monoisotopic (exact) mass is 334 g/mol. The summed E-state index contributed by atoms with van der Waals surface area (Å²) in [5.41, 5.74) is 1.43. The molecular weight excluding hydrogens is 304 g/mol. The Kier molecular flexibility index (Phi) is 5.99. The molecule has 0 aliphatic heterocycles. The van der Waals surface area contributed by atoms with Crippen LogP contribution in [0.15, 0.2) is 59.5 Å². The van der Waals surface area contributed by atoms with E-state index in [1.807, 2.05) is 13.8 Å². The van der Waals surface area contributed by atoms with Crippen molar-refractivity contribution in [3.05, 3.63) is 59.5 Å². The van der Waals surface area contributed by atoms with Gasteiger partial charge in [-0.15, -0.1) is 0 Å². The molecule has 0 aromatic rings. The molecule has 4 heteroatoms. The standard InChI is InChI=1S/C20H30O4/c1-13(11-17(23)14(2)21)19(3,4)9-10-20(5,6)15-7-8-16(22)18(24)12-15/h11-12,21-24H,1-2,7-10H2,3-6H3/b17-11+. The van der Waals surface area contributed by atoms with Crippen molar-refractivity contribution in [1.29, 1.82) is 0 Å². The molecule has 0 saturated carbocycles. The second-order valence-corrected chi connectivity index (χ2v) is 7.77. The van der Waals surface area contributed by atoms with Gasteiger partial charge in [0.15, 0.2) is 11.5 Å². The summed E-state index contributed by atoms with van der Waals surface area (Å²) >= 11 is 0. The minimum atomic E-state index is -0.373. The van der Waals surface area contributed by atoms with Gasteiger partial charge in [0, 0.05) is 6.42 Å². The van der Waals surface area contributed by atoms with Crippen LogP contribution >= 0.6 is 0 Å². The normalized spacial score (nSPS) is 16.8. The van der Waals surface area contributed by atoms with Gasteiger partial charge in [0.25, 0.3) is 0 Å². The average Bonchev–Trinajstić information content (AvgIpc) is 2.47. The van der Waals surface area contributed by atoms with Crippen molar-refractivity contribution in [1.82, 2.24) is 0 Å². The molecule has 134 valence electrons. The fourth-order valence-electron chi connectivity index (χ4n) is 2.63. The van der Waals surface area contributed by atoms with Gasteiger partial charge in [0.2, 0.25) is 0 Å². The van der Waals surface area contributed by atoms with Crippen LogP contribution in [0.4, 0.5) is 0 Å². The molecule has 0 amide bonds. The van der Waals surface area contributed by atoms with E-state index in [0.717, 1.165) is 24.8 Å². The van der Waals surface area contributed by atoms with Gasteiger partial charge >= 0.3 is 0 Å². The molecule has 0 aromatic carbocycles. The Morgan fingerprint density at radius 3 is 2.17 bits per heavy atom. The van der Waals surface area contributed by atoms with E-state index in [4.69, 9.17) is 0 Å². The summed E-state index contributed by atoms with van der Waals surface area (Å²) in [6, 6.07) is 0. The largest absolute Gasteiger partial charge is 0.508 e. The predicted molar refractivity (Wildman–Crippen MR) is 98.0 cm³/mol. The minimum Gasteiger partial charge on any atom is -0.508 e. The van der Waals surface area contributed by atoms with Crippen molar-refractivity contribution in [3.8, 4) is 0 Å². The Morgan fingerprint density at radius 2 is 1.67 bits per heavy atom. The summed E-state index contributed by atoms with van der Waals surface area (Å²) in [4.78, 5) is 0. The molecule has 0 fully saturated rings. The van der Waals surface area contributed by atoms with Crippen molar-refractivity contribution < 1.29 is 20.4 Å². The molecule has 0 radical (unpaired) electrons. The first kappa shape index (κ1) is 19.9. The number of hydrogen-bond acceptors (Lipinski definition) is 4. The average molecular weight is 334 g/mol. The lowest BCUT2D eigenvalue weighted by molar-refractivity contribution is 0.280. The van der Waals surface area contributed by atoms with Crippen molar-refractivity contribution in [3.63, 3.8) is 0 Å². The quantitative estimate of drug-likeness (QED) is 0.343. The van der Waals surface area contributed by atoms with Gasteiger partial charge in [-0.3, -0.25) is 0 Å². The second kappa shape index (κ2) is 7.20. The van der Waals surface area contributed by atoms with E-state index in [-0.39, 0.29) is 33.9 Å². The molecule has 0 bridgehead atoms. The fraction of sp³-hybridized carbons (Fsp3) is 0.500. The van der Waals surface area contributed by atoms with Gasteiger partial charge in [-0.1, -0.05) is 46.4 Å². The molecule has 0 saturated heterocycles. The molecule has 0 heterocycles. The zero-order valence-electron chi connectivity index (χ0n) is 15.2. The van der Waals surface area contributed by atoms with Crippen LogP contribution in [-0.4, -0.2) is 20.4 Å². The molecule has 4 nitrogen and oxygen atoms in total. The summed E-state index contributed by atoms with van der Waals surface area (Å²) in [5, 5.41) is 38.1. The third-order valence-corrected chi connectivity index (χ3v) is 4.96. The van der Waals surface area contributed by atoms with Crippen LogP contribution in [0, 0.1) is 10.8 Å². The molecule has 1 aliphatic rings. The topological polar surface area (TPSA) is 80.9 Å². The van der Waals surface area contributed by atoms with Gasteiger partial charge in [-0.25, -0.2) is 0 Å². The van der Waals surface area contributed by atoms with E-state index < -0.39 is 0 Å². The molecule has 0 spiro atoms. The van der Waals surface area contributed by atoms with Gasteiger partial charge in [0.05, 0.1) is 0 Å². The minimum absolute atomic E-state index is 0.0395. The molecule has 0 aromatic heterocycles. The van der Waals surface area contributed by atoms with E-state index >= 15 is 0 Å². The third kappa shape index (κ3) is 4.95. The maximum atomic E-state index is 9.75. The molecule has 1 aliphatic carbocycles. The molecule has 4 N–H and O–H groups in total. The fourth-order valence-corrected chi connectivity index (χ4v) is 2.63. The van der Waals surface area contributed by atoms with Crippen LogP contribution in [0.2, 0.25) is 0 Å². The molecular formula is C20H30O4. The maximum absolute atomic E-state index is 9.75. The second-order valence-electron chi connectivity index (χ2n) is 7.77. The van der Waals surface area contributed by atoms with Crippen molar-refractivity contribution in [2.75, 3.05) is 0 Å².